The minimum absolute atomic E-state index is 0.354. The van der Waals surface area contributed by atoms with E-state index in [1.165, 1.54) is 5.56 Å². The fourth-order valence-electron chi connectivity index (χ4n) is 2.54. The molecule has 3 unspecified atom stereocenters. The summed E-state index contributed by atoms with van der Waals surface area (Å²) in [4.78, 5) is 2.37. The molecule has 0 aliphatic carbocycles. The Morgan fingerprint density at radius 3 is 2.24 bits per heavy atom. The summed E-state index contributed by atoms with van der Waals surface area (Å²) >= 11 is 0. The minimum Gasteiger partial charge on any atom is -0.387 e. The van der Waals surface area contributed by atoms with Crippen molar-refractivity contribution in [2.24, 2.45) is 11.8 Å². The van der Waals surface area contributed by atoms with Crippen molar-refractivity contribution in [1.82, 2.24) is 4.90 Å². The van der Waals surface area contributed by atoms with Gasteiger partial charge in [-0.25, -0.2) is 0 Å². The molecule has 17 heavy (non-hydrogen) atoms. The number of hydrogen-bond acceptors (Lipinski definition) is 2. The standard InChI is InChI=1S/C15H23NO/c1-11-4-6-14(7-5-11)15(17)10-16-8-12(2)13(3)9-16/h4-7,12-13,15,17H,8-10H2,1-3H3. The fourth-order valence-corrected chi connectivity index (χ4v) is 2.54. The third kappa shape index (κ3) is 3.08. The zero-order valence-corrected chi connectivity index (χ0v) is 11.1. The van der Waals surface area contributed by atoms with E-state index >= 15 is 0 Å². The maximum Gasteiger partial charge on any atom is 0.0916 e. The molecule has 1 aromatic rings. The number of hydrogen-bond donors (Lipinski definition) is 1. The second-order valence-electron chi connectivity index (χ2n) is 5.60. The first-order valence-corrected chi connectivity index (χ1v) is 6.53. The molecule has 1 heterocycles. The molecule has 1 fully saturated rings. The van der Waals surface area contributed by atoms with E-state index < -0.39 is 0 Å². The Morgan fingerprint density at radius 1 is 1.18 bits per heavy atom. The van der Waals surface area contributed by atoms with Crippen LogP contribution in [0.5, 0.6) is 0 Å². The fraction of sp³-hybridized carbons (Fsp3) is 0.600. The van der Waals surface area contributed by atoms with Gasteiger partial charge in [-0.15, -0.1) is 0 Å². The third-order valence-corrected chi connectivity index (χ3v) is 3.96. The molecule has 94 valence electrons. The van der Waals surface area contributed by atoms with Gasteiger partial charge in [-0.05, 0) is 24.3 Å². The van der Waals surface area contributed by atoms with Crippen LogP contribution in [0.3, 0.4) is 0 Å². The molecule has 3 atom stereocenters. The lowest BCUT2D eigenvalue weighted by Gasteiger charge is -2.20. The molecular formula is C15H23NO. The van der Waals surface area contributed by atoms with Crippen molar-refractivity contribution < 1.29 is 5.11 Å². The Labute approximate surface area is 104 Å². The molecule has 0 aromatic heterocycles. The largest absolute Gasteiger partial charge is 0.387 e. The first-order chi connectivity index (χ1) is 8.06. The number of β-amino-alcohol motifs (C(OH)–C–C–N with tert-alkyl or cyclic N) is 1. The van der Waals surface area contributed by atoms with Crippen LogP contribution in [0.2, 0.25) is 0 Å². The Kier molecular flexibility index (Phi) is 3.85. The zero-order valence-electron chi connectivity index (χ0n) is 11.1. The zero-order chi connectivity index (χ0) is 12.4. The summed E-state index contributed by atoms with van der Waals surface area (Å²) in [7, 11) is 0. The number of likely N-dealkylation sites (tertiary alicyclic amines) is 1. The van der Waals surface area contributed by atoms with Gasteiger partial charge in [0.1, 0.15) is 0 Å². The Hall–Kier alpha value is -0.860. The molecular weight excluding hydrogens is 210 g/mol. The molecule has 1 saturated heterocycles. The molecule has 0 radical (unpaired) electrons. The summed E-state index contributed by atoms with van der Waals surface area (Å²) in [5.41, 5.74) is 2.27. The van der Waals surface area contributed by atoms with E-state index in [1.807, 2.05) is 12.1 Å². The van der Waals surface area contributed by atoms with Crippen LogP contribution in [0.25, 0.3) is 0 Å². The molecule has 2 heteroatoms. The second-order valence-corrected chi connectivity index (χ2v) is 5.60. The van der Waals surface area contributed by atoms with Crippen molar-refractivity contribution in [3.63, 3.8) is 0 Å². The van der Waals surface area contributed by atoms with E-state index in [4.69, 9.17) is 0 Å². The van der Waals surface area contributed by atoms with Crippen molar-refractivity contribution in [1.29, 1.82) is 0 Å². The monoisotopic (exact) mass is 233 g/mol. The van der Waals surface area contributed by atoms with Gasteiger partial charge in [-0.1, -0.05) is 43.7 Å². The highest BCUT2D eigenvalue weighted by molar-refractivity contribution is 5.23. The maximum atomic E-state index is 10.2. The summed E-state index contributed by atoms with van der Waals surface area (Å²) in [5, 5.41) is 10.2. The van der Waals surface area contributed by atoms with Crippen LogP contribution < -0.4 is 0 Å². The number of aryl methyl sites for hydroxylation is 1. The van der Waals surface area contributed by atoms with Gasteiger partial charge in [0.15, 0.2) is 0 Å². The number of aliphatic hydroxyl groups excluding tert-OH is 1. The molecule has 1 aliphatic rings. The van der Waals surface area contributed by atoms with E-state index in [0.717, 1.165) is 37.0 Å². The summed E-state index contributed by atoms with van der Waals surface area (Å²) in [6.07, 6.45) is -0.354. The maximum absolute atomic E-state index is 10.2. The number of rotatable bonds is 3. The van der Waals surface area contributed by atoms with Crippen LogP contribution in [0, 0.1) is 18.8 Å². The molecule has 1 N–H and O–H groups in total. The lowest BCUT2D eigenvalue weighted by Crippen LogP contribution is -2.26. The van der Waals surface area contributed by atoms with Gasteiger partial charge in [0.25, 0.3) is 0 Å². The van der Waals surface area contributed by atoms with Crippen LogP contribution in [0.4, 0.5) is 0 Å². The lowest BCUT2D eigenvalue weighted by atomic mass is 10.0. The van der Waals surface area contributed by atoms with E-state index in [1.54, 1.807) is 0 Å². The summed E-state index contributed by atoms with van der Waals surface area (Å²) in [5.74, 6) is 1.50. The number of benzene rings is 1. The van der Waals surface area contributed by atoms with E-state index in [-0.39, 0.29) is 6.10 Å². The average Bonchev–Trinajstić information content (AvgIpc) is 2.58. The highest BCUT2D eigenvalue weighted by Crippen LogP contribution is 2.24. The summed E-state index contributed by atoms with van der Waals surface area (Å²) in [6, 6.07) is 8.19. The minimum atomic E-state index is -0.354. The molecule has 1 aromatic carbocycles. The first kappa shape index (κ1) is 12.6. The smallest absolute Gasteiger partial charge is 0.0916 e. The topological polar surface area (TPSA) is 23.5 Å². The highest BCUT2D eigenvalue weighted by atomic mass is 16.3. The van der Waals surface area contributed by atoms with Gasteiger partial charge in [0, 0.05) is 19.6 Å². The molecule has 2 nitrogen and oxygen atoms in total. The second kappa shape index (κ2) is 5.19. The quantitative estimate of drug-likeness (QED) is 0.867. The normalized spacial score (nSPS) is 27.3. The van der Waals surface area contributed by atoms with Gasteiger partial charge >= 0.3 is 0 Å². The van der Waals surface area contributed by atoms with Gasteiger partial charge in [-0.3, -0.25) is 4.90 Å². The van der Waals surface area contributed by atoms with Gasteiger partial charge < -0.3 is 5.11 Å². The molecule has 0 amide bonds. The van der Waals surface area contributed by atoms with E-state index in [0.29, 0.717) is 0 Å². The Balaban J connectivity index is 1.93. The van der Waals surface area contributed by atoms with Crippen molar-refractivity contribution in [3.8, 4) is 0 Å². The van der Waals surface area contributed by atoms with E-state index in [2.05, 4.69) is 37.8 Å². The molecule has 1 aliphatic heterocycles. The Bertz CT molecular complexity index is 350. The molecule has 0 saturated carbocycles. The molecule has 0 spiro atoms. The molecule has 2 rings (SSSR count). The van der Waals surface area contributed by atoms with E-state index in [9.17, 15) is 5.11 Å². The summed E-state index contributed by atoms with van der Waals surface area (Å²) < 4.78 is 0. The first-order valence-electron chi connectivity index (χ1n) is 6.53. The SMILES string of the molecule is Cc1ccc(C(O)CN2CC(C)C(C)C2)cc1. The van der Waals surface area contributed by atoms with Gasteiger partial charge in [0.2, 0.25) is 0 Å². The predicted octanol–water partition coefficient (Wildman–Crippen LogP) is 2.62. The third-order valence-electron chi connectivity index (χ3n) is 3.96. The van der Waals surface area contributed by atoms with Crippen LogP contribution >= 0.6 is 0 Å². The highest BCUT2D eigenvalue weighted by Gasteiger charge is 2.27. The van der Waals surface area contributed by atoms with Crippen LogP contribution in [-0.4, -0.2) is 29.6 Å². The van der Waals surface area contributed by atoms with Crippen LogP contribution in [0.15, 0.2) is 24.3 Å². The van der Waals surface area contributed by atoms with Crippen LogP contribution in [0.1, 0.15) is 31.1 Å². The van der Waals surface area contributed by atoms with Gasteiger partial charge in [-0.2, -0.15) is 0 Å². The van der Waals surface area contributed by atoms with Crippen molar-refractivity contribution >= 4 is 0 Å². The molecule has 0 bridgehead atoms. The number of nitrogens with zero attached hydrogens (tertiary/aromatic N) is 1. The Morgan fingerprint density at radius 2 is 1.71 bits per heavy atom. The van der Waals surface area contributed by atoms with Crippen molar-refractivity contribution in [2.75, 3.05) is 19.6 Å². The van der Waals surface area contributed by atoms with Crippen molar-refractivity contribution in [3.05, 3.63) is 35.4 Å². The number of aliphatic hydroxyl groups is 1. The lowest BCUT2D eigenvalue weighted by molar-refractivity contribution is 0.123. The van der Waals surface area contributed by atoms with Crippen molar-refractivity contribution in [2.45, 2.75) is 26.9 Å². The predicted molar refractivity (Wildman–Crippen MR) is 70.9 cm³/mol. The van der Waals surface area contributed by atoms with Crippen LogP contribution in [-0.2, 0) is 0 Å². The summed E-state index contributed by atoms with van der Waals surface area (Å²) in [6.45, 7) is 9.65. The average molecular weight is 233 g/mol. The van der Waals surface area contributed by atoms with Gasteiger partial charge in [0.05, 0.1) is 6.10 Å².